The van der Waals surface area contributed by atoms with E-state index in [2.05, 4.69) is 10.0 Å². The van der Waals surface area contributed by atoms with E-state index in [0.29, 0.717) is 18.7 Å². The van der Waals surface area contributed by atoms with Gasteiger partial charge in [0.15, 0.2) is 0 Å². The fourth-order valence-corrected chi connectivity index (χ4v) is 3.65. The van der Waals surface area contributed by atoms with Crippen LogP contribution in [-0.4, -0.2) is 39.7 Å². The molecule has 140 valence electrons. The molecule has 0 aromatic heterocycles. The maximum absolute atomic E-state index is 12.6. The first-order valence-corrected chi connectivity index (χ1v) is 9.59. The van der Waals surface area contributed by atoms with E-state index in [1.165, 1.54) is 12.1 Å². The number of hydrogen-bond donors (Lipinski definition) is 3. The summed E-state index contributed by atoms with van der Waals surface area (Å²) in [6.07, 6.45) is 0.498. The van der Waals surface area contributed by atoms with Crippen LogP contribution in [0.4, 0.5) is 5.69 Å². The standard InChI is InChI=1S/C18H22N2O5S/c1-3-19-16-9-6-14(18(21)22)12-17(16)26(23,24)20-11-10-13-4-7-15(25-2)8-5-13/h4-9,12,19-20H,3,10-11H2,1-2H3,(H,21,22). The summed E-state index contributed by atoms with van der Waals surface area (Å²) in [4.78, 5) is 11.1. The van der Waals surface area contributed by atoms with Crippen LogP contribution in [0.15, 0.2) is 47.4 Å². The molecule has 0 saturated carbocycles. The predicted octanol–water partition coefficient (Wildman–Crippen LogP) is 2.35. The van der Waals surface area contributed by atoms with Crippen molar-refractivity contribution in [2.45, 2.75) is 18.2 Å². The molecule has 2 aromatic rings. The van der Waals surface area contributed by atoms with Crippen molar-refractivity contribution >= 4 is 21.7 Å². The van der Waals surface area contributed by atoms with Crippen LogP contribution in [-0.2, 0) is 16.4 Å². The highest BCUT2D eigenvalue weighted by Crippen LogP contribution is 2.23. The van der Waals surface area contributed by atoms with Gasteiger partial charge in [0.25, 0.3) is 0 Å². The lowest BCUT2D eigenvalue weighted by atomic mass is 10.1. The number of carboxylic acid groups (broad SMARTS) is 1. The predicted molar refractivity (Wildman–Crippen MR) is 99.5 cm³/mol. The number of sulfonamides is 1. The van der Waals surface area contributed by atoms with Crippen LogP contribution in [0.3, 0.4) is 0 Å². The molecule has 0 atom stereocenters. The number of methoxy groups -OCH3 is 1. The van der Waals surface area contributed by atoms with Crippen molar-refractivity contribution in [3.63, 3.8) is 0 Å². The molecule has 0 saturated heterocycles. The average molecular weight is 378 g/mol. The highest BCUT2D eigenvalue weighted by molar-refractivity contribution is 7.89. The van der Waals surface area contributed by atoms with Gasteiger partial charge in [-0.3, -0.25) is 0 Å². The lowest BCUT2D eigenvalue weighted by Crippen LogP contribution is -2.27. The fourth-order valence-electron chi connectivity index (χ4n) is 2.41. The summed E-state index contributed by atoms with van der Waals surface area (Å²) in [6, 6.07) is 11.3. The smallest absolute Gasteiger partial charge is 0.335 e. The third-order valence-corrected chi connectivity index (χ3v) is 5.25. The topological polar surface area (TPSA) is 105 Å². The van der Waals surface area contributed by atoms with Gasteiger partial charge in [-0.15, -0.1) is 0 Å². The summed E-state index contributed by atoms with van der Waals surface area (Å²) in [7, 11) is -2.27. The van der Waals surface area contributed by atoms with Gasteiger partial charge in [-0.1, -0.05) is 12.1 Å². The molecule has 0 spiro atoms. The highest BCUT2D eigenvalue weighted by Gasteiger charge is 2.20. The van der Waals surface area contributed by atoms with Crippen LogP contribution in [0.1, 0.15) is 22.8 Å². The largest absolute Gasteiger partial charge is 0.497 e. The minimum absolute atomic E-state index is 0.0750. The van der Waals surface area contributed by atoms with Gasteiger partial charge in [0.1, 0.15) is 10.6 Å². The van der Waals surface area contributed by atoms with Gasteiger partial charge >= 0.3 is 5.97 Å². The zero-order valence-electron chi connectivity index (χ0n) is 14.7. The number of rotatable bonds is 9. The number of hydrogen-bond acceptors (Lipinski definition) is 5. The first kappa shape index (κ1) is 19.7. The lowest BCUT2D eigenvalue weighted by molar-refractivity contribution is 0.0696. The fraction of sp³-hybridized carbons (Fsp3) is 0.278. The second kappa shape index (κ2) is 8.68. The number of benzene rings is 2. The van der Waals surface area contributed by atoms with E-state index < -0.39 is 16.0 Å². The van der Waals surface area contributed by atoms with Gasteiger partial charge in [-0.05, 0) is 49.2 Å². The van der Waals surface area contributed by atoms with Crippen molar-refractivity contribution in [3.8, 4) is 5.75 Å². The molecule has 0 fully saturated rings. The molecule has 0 aliphatic carbocycles. The number of ether oxygens (including phenoxy) is 1. The van der Waals surface area contributed by atoms with Crippen molar-refractivity contribution < 1.29 is 23.1 Å². The van der Waals surface area contributed by atoms with Crippen LogP contribution in [0.2, 0.25) is 0 Å². The van der Waals surface area contributed by atoms with Crippen LogP contribution in [0.25, 0.3) is 0 Å². The molecule has 0 unspecified atom stereocenters. The molecule has 0 radical (unpaired) electrons. The zero-order valence-corrected chi connectivity index (χ0v) is 15.5. The van der Waals surface area contributed by atoms with E-state index in [-0.39, 0.29) is 17.0 Å². The van der Waals surface area contributed by atoms with Crippen LogP contribution in [0, 0.1) is 0 Å². The summed E-state index contributed by atoms with van der Waals surface area (Å²) in [5.41, 5.74) is 1.25. The SMILES string of the molecule is CCNc1ccc(C(=O)O)cc1S(=O)(=O)NCCc1ccc(OC)cc1. The van der Waals surface area contributed by atoms with Gasteiger partial charge in [0.05, 0.1) is 18.4 Å². The van der Waals surface area contributed by atoms with E-state index in [1.807, 2.05) is 31.2 Å². The first-order chi connectivity index (χ1) is 12.4. The van der Waals surface area contributed by atoms with Crippen molar-refractivity contribution in [1.82, 2.24) is 4.72 Å². The Labute approximate surface area is 153 Å². The number of anilines is 1. The van der Waals surface area contributed by atoms with Crippen molar-refractivity contribution in [2.75, 3.05) is 25.5 Å². The maximum atomic E-state index is 12.6. The minimum atomic E-state index is -3.85. The highest BCUT2D eigenvalue weighted by atomic mass is 32.2. The third kappa shape index (κ3) is 4.96. The number of carboxylic acids is 1. The molecule has 0 aliphatic heterocycles. The Morgan fingerprint density at radius 1 is 1.15 bits per heavy atom. The third-order valence-electron chi connectivity index (χ3n) is 3.75. The van der Waals surface area contributed by atoms with Crippen LogP contribution >= 0.6 is 0 Å². The van der Waals surface area contributed by atoms with E-state index in [0.717, 1.165) is 17.4 Å². The Morgan fingerprint density at radius 2 is 1.85 bits per heavy atom. The van der Waals surface area contributed by atoms with Crippen LogP contribution in [0.5, 0.6) is 5.75 Å². The molecule has 2 aromatic carbocycles. The summed E-state index contributed by atoms with van der Waals surface area (Å²) >= 11 is 0. The molecule has 0 heterocycles. The number of aromatic carboxylic acids is 1. The molecule has 0 aliphatic rings. The molecule has 7 nitrogen and oxygen atoms in total. The molecule has 0 bridgehead atoms. The molecule has 2 rings (SSSR count). The minimum Gasteiger partial charge on any atom is -0.497 e. The van der Waals surface area contributed by atoms with Gasteiger partial charge < -0.3 is 15.2 Å². The van der Waals surface area contributed by atoms with E-state index in [1.54, 1.807) is 7.11 Å². The van der Waals surface area contributed by atoms with Gasteiger partial charge in [-0.25, -0.2) is 17.9 Å². The monoisotopic (exact) mass is 378 g/mol. The first-order valence-electron chi connectivity index (χ1n) is 8.11. The maximum Gasteiger partial charge on any atom is 0.335 e. The molecule has 0 amide bonds. The van der Waals surface area contributed by atoms with Crippen molar-refractivity contribution in [2.24, 2.45) is 0 Å². The Kier molecular flexibility index (Phi) is 6.59. The Hall–Kier alpha value is -2.58. The molecule has 3 N–H and O–H groups in total. The van der Waals surface area contributed by atoms with Crippen molar-refractivity contribution in [3.05, 3.63) is 53.6 Å². The van der Waals surface area contributed by atoms with Gasteiger partial charge in [0, 0.05) is 13.1 Å². The number of carbonyl (C=O) groups is 1. The zero-order chi connectivity index (χ0) is 19.2. The Balaban J connectivity index is 2.14. The molecule has 26 heavy (non-hydrogen) atoms. The lowest BCUT2D eigenvalue weighted by Gasteiger charge is -2.13. The van der Waals surface area contributed by atoms with Gasteiger partial charge in [0.2, 0.25) is 10.0 Å². The van der Waals surface area contributed by atoms with E-state index in [9.17, 15) is 13.2 Å². The quantitative estimate of drug-likeness (QED) is 0.619. The summed E-state index contributed by atoms with van der Waals surface area (Å²) < 4.78 is 32.9. The average Bonchev–Trinajstić information content (AvgIpc) is 2.62. The Morgan fingerprint density at radius 3 is 2.42 bits per heavy atom. The second-order valence-corrected chi connectivity index (χ2v) is 7.28. The molecular formula is C18H22N2O5S. The molecule has 8 heteroatoms. The van der Waals surface area contributed by atoms with E-state index in [4.69, 9.17) is 9.84 Å². The Bertz CT molecular complexity index is 864. The number of nitrogens with one attached hydrogen (secondary N) is 2. The summed E-state index contributed by atoms with van der Waals surface area (Å²) in [5, 5.41) is 12.1. The van der Waals surface area contributed by atoms with Crippen LogP contribution < -0.4 is 14.8 Å². The van der Waals surface area contributed by atoms with Crippen molar-refractivity contribution in [1.29, 1.82) is 0 Å². The normalized spacial score (nSPS) is 11.2. The molecular weight excluding hydrogens is 356 g/mol. The summed E-state index contributed by atoms with van der Waals surface area (Å²) in [6.45, 7) is 2.54. The summed E-state index contributed by atoms with van der Waals surface area (Å²) in [5.74, 6) is -0.446. The van der Waals surface area contributed by atoms with Gasteiger partial charge in [-0.2, -0.15) is 0 Å². The second-order valence-electron chi connectivity index (χ2n) is 5.54. The van der Waals surface area contributed by atoms with E-state index >= 15 is 0 Å².